The molecule has 2 heterocycles. The van der Waals surface area contributed by atoms with Crippen molar-refractivity contribution >= 4 is 55.8 Å². The lowest BCUT2D eigenvalue weighted by Gasteiger charge is -2.26. The topological polar surface area (TPSA) is 105 Å². The number of benzene rings is 2. The summed E-state index contributed by atoms with van der Waals surface area (Å²) in [5, 5.41) is 10.4. The molecule has 11 heteroatoms. The maximum atomic E-state index is 13.7. The minimum atomic E-state index is -4.27. The van der Waals surface area contributed by atoms with Crippen molar-refractivity contribution in [3.63, 3.8) is 0 Å². The van der Waals surface area contributed by atoms with Crippen molar-refractivity contribution in [1.29, 1.82) is 5.26 Å². The molecule has 0 saturated carbocycles. The highest BCUT2D eigenvalue weighted by atomic mass is 35.5. The lowest BCUT2D eigenvalue weighted by molar-refractivity contribution is -0.152. The van der Waals surface area contributed by atoms with Gasteiger partial charge in [-0.1, -0.05) is 23.2 Å². The third kappa shape index (κ3) is 5.72. The summed E-state index contributed by atoms with van der Waals surface area (Å²) in [5.74, 6) is -0.284. The molecule has 190 valence electrons. The predicted octanol–water partition coefficient (Wildman–Crippen LogP) is 5.74. The number of nitrogens with zero attached hydrogens (tertiary/aromatic N) is 4. The number of pyridine rings is 1. The fourth-order valence-corrected chi connectivity index (χ4v) is 5.88. The van der Waals surface area contributed by atoms with Crippen LogP contribution in [0.4, 0.5) is 5.69 Å². The minimum absolute atomic E-state index is 0.138. The van der Waals surface area contributed by atoms with E-state index in [0.29, 0.717) is 22.3 Å². The Morgan fingerprint density at radius 3 is 2.46 bits per heavy atom. The lowest BCUT2D eigenvalue weighted by Crippen LogP contribution is -2.39. The van der Waals surface area contributed by atoms with E-state index in [2.05, 4.69) is 11.1 Å². The van der Waals surface area contributed by atoms with Gasteiger partial charge in [-0.05, 0) is 75.4 Å². The van der Waals surface area contributed by atoms with Gasteiger partial charge in [-0.3, -0.25) is 9.10 Å². The monoisotopic (exact) mass is 556 g/mol. The molecule has 0 amide bonds. The average Bonchev–Trinajstić information content (AvgIpc) is 3.23. The van der Waals surface area contributed by atoms with Crippen LogP contribution in [0.25, 0.3) is 16.7 Å². The molecule has 0 saturated heterocycles. The van der Waals surface area contributed by atoms with Crippen LogP contribution in [0, 0.1) is 11.3 Å². The van der Waals surface area contributed by atoms with Crippen molar-refractivity contribution in [2.24, 2.45) is 0 Å². The SMILES string of the molecule is CC(C)(C)OC(=O)CN(c1ccc2c(ccn2-c2ncccc2C#N)c1)S(=O)(=O)c1cc(Cl)cc(Cl)c1. The van der Waals surface area contributed by atoms with Crippen molar-refractivity contribution < 1.29 is 17.9 Å². The molecule has 0 atom stereocenters. The molecule has 2 aromatic carbocycles. The number of hydrogen-bond donors (Lipinski definition) is 0. The Hall–Kier alpha value is -3.58. The zero-order valence-electron chi connectivity index (χ0n) is 20.1. The standard InChI is InChI=1S/C26H22Cl2N4O4S/c1-26(2,3)36-24(33)16-32(37(34,35)22-13-19(27)12-20(28)14-22)21-6-7-23-17(11-21)8-10-31(23)25-18(15-29)5-4-9-30-25/h4-14H,16H2,1-3H3. The van der Waals surface area contributed by atoms with E-state index in [1.807, 2.05) is 0 Å². The lowest BCUT2D eigenvalue weighted by atomic mass is 10.2. The highest BCUT2D eigenvalue weighted by Crippen LogP contribution is 2.31. The van der Waals surface area contributed by atoms with Gasteiger partial charge in [-0.25, -0.2) is 13.4 Å². The Bertz CT molecular complexity index is 1630. The number of hydrogen-bond acceptors (Lipinski definition) is 6. The van der Waals surface area contributed by atoms with E-state index in [1.165, 1.54) is 18.2 Å². The van der Waals surface area contributed by atoms with Gasteiger partial charge in [0, 0.05) is 27.8 Å². The second kappa shape index (κ2) is 10.1. The summed E-state index contributed by atoms with van der Waals surface area (Å²) < 4.78 is 35.6. The van der Waals surface area contributed by atoms with Gasteiger partial charge in [0.25, 0.3) is 10.0 Å². The number of nitriles is 1. The number of carbonyl (C=O) groups excluding carboxylic acids is 1. The average molecular weight is 557 g/mol. The molecular weight excluding hydrogens is 535 g/mol. The first-order valence-electron chi connectivity index (χ1n) is 11.1. The number of halogens is 2. The van der Waals surface area contributed by atoms with Crippen LogP contribution >= 0.6 is 23.2 Å². The van der Waals surface area contributed by atoms with Crippen LogP contribution in [0.5, 0.6) is 0 Å². The van der Waals surface area contributed by atoms with Crippen molar-refractivity contribution in [3.8, 4) is 11.9 Å². The van der Waals surface area contributed by atoms with E-state index >= 15 is 0 Å². The van der Waals surface area contributed by atoms with Crippen LogP contribution in [0.2, 0.25) is 10.0 Å². The molecule has 0 aliphatic heterocycles. The molecule has 37 heavy (non-hydrogen) atoms. The minimum Gasteiger partial charge on any atom is -0.459 e. The molecular formula is C26H22Cl2N4O4S. The summed E-state index contributed by atoms with van der Waals surface area (Å²) in [6.07, 6.45) is 3.32. The van der Waals surface area contributed by atoms with E-state index in [4.69, 9.17) is 27.9 Å². The quantitative estimate of drug-likeness (QED) is 0.280. The van der Waals surface area contributed by atoms with Gasteiger partial charge in [-0.15, -0.1) is 0 Å². The third-order valence-electron chi connectivity index (χ3n) is 5.21. The van der Waals surface area contributed by atoms with Gasteiger partial charge in [0.05, 0.1) is 21.7 Å². The maximum Gasteiger partial charge on any atom is 0.327 e. The van der Waals surface area contributed by atoms with Crippen LogP contribution in [-0.2, 0) is 19.6 Å². The van der Waals surface area contributed by atoms with Crippen LogP contribution in [0.1, 0.15) is 26.3 Å². The zero-order chi connectivity index (χ0) is 27.0. The Kier molecular flexibility index (Phi) is 7.20. The number of anilines is 1. The summed E-state index contributed by atoms with van der Waals surface area (Å²) in [7, 11) is -4.27. The van der Waals surface area contributed by atoms with Gasteiger partial charge in [0.2, 0.25) is 0 Å². The fraction of sp³-hybridized carbons (Fsp3) is 0.192. The number of fused-ring (bicyclic) bond motifs is 1. The first-order chi connectivity index (χ1) is 17.4. The molecule has 0 unspecified atom stereocenters. The molecule has 2 aromatic heterocycles. The number of carbonyl (C=O) groups is 1. The van der Waals surface area contributed by atoms with Crippen LogP contribution in [0.15, 0.2) is 71.9 Å². The second-order valence-electron chi connectivity index (χ2n) is 9.12. The first-order valence-corrected chi connectivity index (χ1v) is 13.3. The zero-order valence-corrected chi connectivity index (χ0v) is 22.5. The number of ether oxygens (including phenoxy) is 1. The van der Waals surface area contributed by atoms with E-state index in [1.54, 1.807) is 74.1 Å². The molecule has 0 fully saturated rings. The summed E-state index contributed by atoms with van der Waals surface area (Å²) in [6, 6.07) is 16.1. The van der Waals surface area contributed by atoms with Crippen molar-refractivity contribution in [2.75, 3.05) is 10.8 Å². The fourth-order valence-electron chi connectivity index (χ4n) is 3.76. The molecule has 4 aromatic rings. The van der Waals surface area contributed by atoms with Gasteiger partial charge in [-0.2, -0.15) is 5.26 Å². The van der Waals surface area contributed by atoms with Gasteiger partial charge in [0.15, 0.2) is 5.82 Å². The Morgan fingerprint density at radius 1 is 1.11 bits per heavy atom. The normalized spacial score (nSPS) is 11.8. The second-order valence-corrected chi connectivity index (χ2v) is 11.9. The van der Waals surface area contributed by atoms with Crippen LogP contribution in [0.3, 0.4) is 0 Å². The molecule has 0 aliphatic rings. The Labute approximate surface area is 224 Å². The largest absolute Gasteiger partial charge is 0.459 e. The first kappa shape index (κ1) is 26.5. The Balaban J connectivity index is 1.83. The van der Waals surface area contributed by atoms with Gasteiger partial charge in [0.1, 0.15) is 18.2 Å². The summed E-state index contributed by atoms with van der Waals surface area (Å²) in [6.45, 7) is 4.52. The number of rotatable bonds is 6. The smallest absolute Gasteiger partial charge is 0.327 e. The maximum absolute atomic E-state index is 13.7. The van der Waals surface area contributed by atoms with Crippen molar-refractivity contribution in [1.82, 2.24) is 9.55 Å². The number of aromatic nitrogens is 2. The predicted molar refractivity (Wildman–Crippen MR) is 143 cm³/mol. The van der Waals surface area contributed by atoms with Crippen LogP contribution in [-0.4, -0.2) is 36.1 Å². The highest BCUT2D eigenvalue weighted by Gasteiger charge is 2.30. The third-order valence-corrected chi connectivity index (χ3v) is 7.40. The number of sulfonamides is 1. The van der Waals surface area contributed by atoms with E-state index < -0.39 is 28.1 Å². The van der Waals surface area contributed by atoms with E-state index in [0.717, 1.165) is 4.31 Å². The summed E-state index contributed by atoms with van der Waals surface area (Å²) >= 11 is 12.1. The van der Waals surface area contributed by atoms with Crippen molar-refractivity contribution in [3.05, 3.63) is 82.6 Å². The molecule has 8 nitrogen and oxygen atoms in total. The van der Waals surface area contributed by atoms with E-state index in [9.17, 15) is 18.5 Å². The Morgan fingerprint density at radius 2 is 1.81 bits per heavy atom. The summed E-state index contributed by atoms with van der Waals surface area (Å²) in [4.78, 5) is 16.9. The van der Waals surface area contributed by atoms with Gasteiger partial charge >= 0.3 is 5.97 Å². The molecule has 0 N–H and O–H groups in total. The molecule has 0 radical (unpaired) electrons. The number of esters is 1. The summed E-state index contributed by atoms with van der Waals surface area (Å²) in [5.41, 5.74) is 0.498. The van der Waals surface area contributed by atoms with Gasteiger partial charge < -0.3 is 9.30 Å². The van der Waals surface area contributed by atoms with Crippen LogP contribution < -0.4 is 4.31 Å². The molecule has 0 aliphatic carbocycles. The highest BCUT2D eigenvalue weighted by molar-refractivity contribution is 7.92. The molecule has 4 rings (SSSR count). The molecule has 0 bridgehead atoms. The van der Waals surface area contributed by atoms with E-state index in [-0.39, 0.29) is 20.6 Å². The molecule has 0 spiro atoms. The van der Waals surface area contributed by atoms with Crippen molar-refractivity contribution in [2.45, 2.75) is 31.3 Å².